The van der Waals surface area contributed by atoms with E-state index in [0.29, 0.717) is 13.0 Å². The minimum Gasteiger partial charge on any atom is -0.385 e. The molecule has 9 nitrogen and oxygen atoms in total. The Morgan fingerprint density at radius 2 is 1.76 bits per heavy atom. The summed E-state index contributed by atoms with van der Waals surface area (Å²) in [7, 11) is 0. The van der Waals surface area contributed by atoms with Crippen molar-refractivity contribution in [3.8, 4) is 5.69 Å². The van der Waals surface area contributed by atoms with Crippen molar-refractivity contribution in [3.63, 3.8) is 0 Å². The van der Waals surface area contributed by atoms with E-state index in [-0.39, 0.29) is 6.54 Å². The largest absolute Gasteiger partial charge is 0.385 e. The van der Waals surface area contributed by atoms with Gasteiger partial charge in [-0.15, -0.1) is 0 Å². The lowest BCUT2D eigenvalue weighted by atomic mass is 10.1. The molecule has 0 bridgehead atoms. The van der Waals surface area contributed by atoms with Gasteiger partial charge in [0.25, 0.3) is 11.8 Å². The number of rotatable bonds is 13. The van der Waals surface area contributed by atoms with Gasteiger partial charge in [-0.2, -0.15) is 5.10 Å². The Kier molecular flexibility index (Phi) is 10.8. The number of hydrogen-bond acceptors (Lipinski definition) is 6. The van der Waals surface area contributed by atoms with Crippen LogP contribution in [0.15, 0.2) is 79.3 Å². The first-order valence-corrected chi connectivity index (χ1v) is 11.1. The predicted octanol–water partition coefficient (Wildman–Crippen LogP) is 1.51. The van der Waals surface area contributed by atoms with Crippen LogP contribution in [-0.2, 0) is 9.59 Å². The Morgan fingerprint density at radius 1 is 1.09 bits per heavy atom. The van der Waals surface area contributed by atoms with Crippen molar-refractivity contribution < 1.29 is 19.8 Å². The summed E-state index contributed by atoms with van der Waals surface area (Å²) in [6.45, 7) is 8.34. The van der Waals surface area contributed by atoms with Crippen LogP contribution < -0.4 is 16.0 Å². The molecule has 0 aliphatic carbocycles. The number of carbonyl (C=O) groups is 2. The van der Waals surface area contributed by atoms with Gasteiger partial charge in [0.1, 0.15) is 0 Å². The normalized spacial score (nSPS) is 14.0. The predicted molar refractivity (Wildman–Crippen MR) is 131 cm³/mol. The molecule has 0 radical (unpaired) electrons. The maximum atomic E-state index is 12.3. The van der Waals surface area contributed by atoms with Crippen LogP contribution >= 0.6 is 0 Å². The molecule has 2 amide bonds. The van der Waals surface area contributed by atoms with Gasteiger partial charge in [-0.1, -0.05) is 36.9 Å². The number of aliphatic hydroxyl groups excluding tert-OH is 2. The lowest BCUT2D eigenvalue weighted by Crippen LogP contribution is -2.50. The van der Waals surface area contributed by atoms with Crippen LogP contribution in [0.4, 0.5) is 0 Å². The number of carbonyl (C=O) groups excluding carboxylic acids is 2. The van der Waals surface area contributed by atoms with Crippen LogP contribution in [0.2, 0.25) is 0 Å². The summed E-state index contributed by atoms with van der Waals surface area (Å²) in [4.78, 5) is 24.4. The zero-order valence-corrected chi connectivity index (χ0v) is 19.5. The van der Waals surface area contributed by atoms with E-state index in [1.807, 2.05) is 67.8 Å². The van der Waals surface area contributed by atoms with Crippen molar-refractivity contribution in [3.05, 3.63) is 84.9 Å². The fourth-order valence-electron chi connectivity index (χ4n) is 3.00. The van der Waals surface area contributed by atoms with Gasteiger partial charge in [-0.3, -0.25) is 9.59 Å². The minimum absolute atomic E-state index is 0.266. The highest BCUT2D eigenvalue weighted by molar-refractivity contribution is 5.90. The van der Waals surface area contributed by atoms with Crippen molar-refractivity contribution >= 4 is 11.8 Å². The van der Waals surface area contributed by atoms with Gasteiger partial charge in [-0.05, 0) is 50.1 Å². The highest BCUT2D eigenvalue weighted by Crippen LogP contribution is 2.15. The standard InChI is InChI=1S/C25H33N5O4/c1-4-5-6-9-18(2)26-14-7-15-27-24(33)22(31)23(32)25(34)29-19(3)20-10-12-21(13-11-20)30-17-8-16-28-30/h4-6,8-13,16-17,19,22-23,26,31-32H,2,7,14-15H2,1,3H3,(H,27,33)(H,29,34)/b5-4-,9-6-/t19-,22-,23-/m1/s1. The van der Waals surface area contributed by atoms with E-state index in [1.54, 1.807) is 17.8 Å². The molecule has 182 valence electrons. The van der Waals surface area contributed by atoms with E-state index in [9.17, 15) is 19.8 Å². The van der Waals surface area contributed by atoms with Gasteiger partial charge >= 0.3 is 0 Å². The first kappa shape index (κ1) is 26.6. The van der Waals surface area contributed by atoms with E-state index < -0.39 is 30.1 Å². The molecule has 0 unspecified atom stereocenters. The van der Waals surface area contributed by atoms with Gasteiger partial charge in [0.2, 0.25) is 0 Å². The summed E-state index contributed by atoms with van der Waals surface area (Å²) in [5, 5.41) is 32.6. The van der Waals surface area contributed by atoms with Gasteiger partial charge in [-0.25, -0.2) is 4.68 Å². The maximum Gasteiger partial charge on any atom is 0.252 e. The molecule has 1 aromatic heterocycles. The lowest BCUT2D eigenvalue weighted by Gasteiger charge is -2.20. The first-order valence-electron chi connectivity index (χ1n) is 11.1. The average molecular weight is 468 g/mol. The van der Waals surface area contributed by atoms with Crippen LogP contribution in [0, 0.1) is 0 Å². The average Bonchev–Trinajstić information content (AvgIpc) is 3.38. The molecule has 1 aromatic carbocycles. The number of benzene rings is 1. The summed E-state index contributed by atoms with van der Waals surface area (Å²) in [6.07, 6.45) is 7.78. The Bertz CT molecular complexity index is 983. The molecule has 0 saturated heterocycles. The van der Waals surface area contributed by atoms with E-state index in [1.165, 1.54) is 0 Å². The molecule has 0 saturated carbocycles. The zero-order valence-electron chi connectivity index (χ0n) is 19.5. The van der Waals surface area contributed by atoms with E-state index in [2.05, 4.69) is 27.6 Å². The summed E-state index contributed by atoms with van der Waals surface area (Å²) in [5.74, 6) is -1.65. The van der Waals surface area contributed by atoms with Gasteiger partial charge < -0.3 is 26.2 Å². The smallest absolute Gasteiger partial charge is 0.252 e. The van der Waals surface area contributed by atoms with Gasteiger partial charge in [0, 0.05) is 31.2 Å². The second kappa shape index (κ2) is 13.8. The molecule has 1 heterocycles. The maximum absolute atomic E-state index is 12.3. The number of nitrogens with one attached hydrogen (secondary N) is 3. The molecule has 34 heavy (non-hydrogen) atoms. The van der Waals surface area contributed by atoms with Crippen LogP contribution in [0.25, 0.3) is 5.69 Å². The molecule has 2 rings (SSSR count). The number of aliphatic hydroxyl groups is 2. The second-order valence-electron chi connectivity index (χ2n) is 7.64. The van der Waals surface area contributed by atoms with E-state index in [0.717, 1.165) is 16.9 Å². The summed E-state index contributed by atoms with van der Waals surface area (Å²) in [5.41, 5.74) is 2.40. The minimum atomic E-state index is -1.89. The van der Waals surface area contributed by atoms with Gasteiger partial charge in [0.15, 0.2) is 12.2 Å². The van der Waals surface area contributed by atoms with Crippen molar-refractivity contribution in [2.45, 2.75) is 38.5 Å². The van der Waals surface area contributed by atoms with Gasteiger partial charge in [0.05, 0.1) is 11.7 Å². The van der Waals surface area contributed by atoms with E-state index >= 15 is 0 Å². The SMILES string of the molecule is C=C(/C=C\C=C/C)NCCCNC(=O)[C@H](O)[C@@H](O)C(=O)N[C@H](C)c1ccc(-n2cccn2)cc1. The molecule has 0 aliphatic rings. The van der Waals surface area contributed by atoms with Crippen molar-refractivity contribution in [1.82, 2.24) is 25.7 Å². The molecule has 3 atom stereocenters. The Hall–Kier alpha value is -3.69. The zero-order chi connectivity index (χ0) is 24.9. The number of nitrogens with zero attached hydrogens (tertiary/aromatic N) is 2. The van der Waals surface area contributed by atoms with Crippen LogP contribution in [0.1, 0.15) is 31.9 Å². The highest BCUT2D eigenvalue weighted by atomic mass is 16.3. The van der Waals surface area contributed by atoms with Crippen LogP contribution in [0.5, 0.6) is 0 Å². The molecular formula is C25H33N5O4. The highest BCUT2D eigenvalue weighted by Gasteiger charge is 2.30. The quantitative estimate of drug-likeness (QED) is 0.224. The Morgan fingerprint density at radius 3 is 2.41 bits per heavy atom. The summed E-state index contributed by atoms with van der Waals surface area (Å²) in [6, 6.07) is 8.75. The van der Waals surface area contributed by atoms with Crippen LogP contribution in [-0.4, -0.2) is 57.1 Å². The Balaban J connectivity index is 1.74. The molecule has 0 spiro atoms. The monoisotopic (exact) mass is 467 g/mol. The van der Waals surface area contributed by atoms with Crippen LogP contribution in [0.3, 0.4) is 0 Å². The topological polar surface area (TPSA) is 129 Å². The van der Waals surface area contributed by atoms with E-state index in [4.69, 9.17) is 0 Å². The molecule has 0 fully saturated rings. The summed E-state index contributed by atoms with van der Waals surface area (Å²) < 4.78 is 1.71. The van der Waals surface area contributed by atoms with Crippen molar-refractivity contribution in [1.29, 1.82) is 0 Å². The summed E-state index contributed by atoms with van der Waals surface area (Å²) >= 11 is 0. The van der Waals surface area contributed by atoms with Crippen molar-refractivity contribution in [2.75, 3.05) is 13.1 Å². The molecule has 2 aromatic rings. The third kappa shape index (κ3) is 8.34. The fraction of sp³-hybridized carbons (Fsp3) is 0.320. The fourth-order valence-corrected chi connectivity index (χ4v) is 3.00. The molecular weight excluding hydrogens is 434 g/mol. The lowest BCUT2D eigenvalue weighted by molar-refractivity contribution is -0.146. The molecule has 9 heteroatoms. The molecule has 5 N–H and O–H groups in total. The third-order valence-electron chi connectivity index (χ3n) is 4.96. The third-order valence-corrected chi connectivity index (χ3v) is 4.96. The van der Waals surface area contributed by atoms with Crippen molar-refractivity contribution in [2.24, 2.45) is 0 Å². The number of allylic oxidation sites excluding steroid dienone is 4. The number of amides is 2. The first-order chi connectivity index (χ1) is 16.3. The second-order valence-corrected chi connectivity index (χ2v) is 7.64. The Labute approximate surface area is 199 Å². The number of hydrogen-bond donors (Lipinski definition) is 5. The number of aromatic nitrogens is 2. The molecule has 0 aliphatic heterocycles.